The highest BCUT2D eigenvalue weighted by Crippen LogP contribution is 2.02. The van der Waals surface area contributed by atoms with E-state index in [1.165, 1.54) is 0 Å². The fraction of sp³-hybridized carbons (Fsp3) is 0.571. The number of halogens is 1. The first-order chi connectivity index (χ1) is 4.68. The molecular formula is C7H10IN2. The molecule has 0 aromatic carbocycles. The number of hydrogen-bond donors (Lipinski definition) is 0. The lowest BCUT2D eigenvalue weighted by molar-refractivity contribution is 0.480. The van der Waals surface area contributed by atoms with Crippen molar-refractivity contribution in [2.75, 3.05) is 0 Å². The van der Waals surface area contributed by atoms with Crippen LogP contribution in [0.15, 0.2) is 6.20 Å². The third-order valence-corrected chi connectivity index (χ3v) is 1.60. The van der Waals surface area contributed by atoms with Crippen LogP contribution >= 0.6 is 22.6 Å². The lowest BCUT2D eigenvalue weighted by Gasteiger charge is -2.01. The molecule has 0 saturated carbocycles. The molecule has 10 heavy (non-hydrogen) atoms. The van der Waals surface area contributed by atoms with Crippen molar-refractivity contribution in [3.63, 3.8) is 0 Å². The number of hydrogen-bond acceptors (Lipinski definition) is 1. The number of aromatic nitrogens is 2. The van der Waals surface area contributed by atoms with E-state index in [4.69, 9.17) is 0 Å². The van der Waals surface area contributed by atoms with Crippen LogP contribution in [0.5, 0.6) is 0 Å². The van der Waals surface area contributed by atoms with Gasteiger partial charge in [0.1, 0.15) is 6.20 Å². The Morgan fingerprint density at radius 2 is 2.50 bits per heavy atom. The largest absolute Gasteiger partial charge is 0.262 e. The molecule has 1 aromatic rings. The van der Waals surface area contributed by atoms with E-state index in [0.29, 0.717) is 5.92 Å². The van der Waals surface area contributed by atoms with Gasteiger partial charge in [-0.25, -0.2) is 0 Å². The second-order valence-corrected chi connectivity index (χ2v) is 3.84. The molecule has 0 aliphatic heterocycles. The van der Waals surface area contributed by atoms with E-state index in [9.17, 15) is 0 Å². The number of rotatable bonds is 2. The predicted octanol–water partition coefficient (Wildman–Crippen LogP) is 1.94. The molecular weight excluding hydrogens is 239 g/mol. The Kier molecular flexibility index (Phi) is 2.71. The smallest absolute Gasteiger partial charge is 0.101 e. The minimum absolute atomic E-state index is 0.645. The minimum Gasteiger partial charge on any atom is -0.262 e. The van der Waals surface area contributed by atoms with Gasteiger partial charge in [-0.15, -0.1) is 0 Å². The fourth-order valence-corrected chi connectivity index (χ4v) is 1.14. The van der Waals surface area contributed by atoms with Gasteiger partial charge in [0, 0.05) is 6.54 Å². The zero-order valence-corrected chi connectivity index (χ0v) is 8.29. The Morgan fingerprint density at radius 1 is 1.80 bits per heavy atom. The molecule has 0 amide bonds. The van der Waals surface area contributed by atoms with Gasteiger partial charge >= 0.3 is 0 Å². The Balaban J connectivity index is 2.58. The molecule has 0 aliphatic rings. The molecule has 0 unspecified atom stereocenters. The summed E-state index contributed by atoms with van der Waals surface area (Å²) in [5.74, 6) is 0.645. The standard InChI is InChI=1S/C7H10IN2/c1-6(2)4-10-5-7(8)3-9-10/h3,6H,4H2,1-2H3. The van der Waals surface area contributed by atoms with Crippen molar-refractivity contribution < 1.29 is 0 Å². The van der Waals surface area contributed by atoms with Crippen LogP contribution in [0.1, 0.15) is 13.8 Å². The molecule has 0 atom stereocenters. The van der Waals surface area contributed by atoms with E-state index in [1.54, 1.807) is 0 Å². The average Bonchev–Trinajstić information content (AvgIpc) is 2.13. The maximum absolute atomic E-state index is 4.11. The van der Waals surface area contributed by atoms with Gasteiger partial charge in [0.15, 0.2) is 0 Å². The lowest BCUT2D eigenvalue weighted by Crippen LogP contribution is -2.04. The molecule has 0 aliphatic carbocycles. The van der Waals surface area contributed by atoms with Gasteiger partial charge in [0.05, 0.1) is 9.77 Å². The molecule has 3 heteroatoms. The van der Waals surface area contributed by atoms with Crippen LogP contribution in [0.3, 0.4) is 0 Å². The first-order valence-corrected chi connectivity index (χ1v) is 4.37. The molecule has 0 saturated heterocycles. The maximum atomic E-state index is 4.11. The highest BCUT2D eigenvalue weighted by atomic mass is 127. The molecule has 1 heterocycles. The Bertz CT molecular complexity index is 205. The molecule has 55 valence electrons. The molecule has 1 radical (unpaired) electrons. The van der Waals surface area contributed by atoms with Gasteiger partial charge in [-0.1, -0.05) is 13.8 Å². The predicted molar refractivity (Wildman–Crippen MR) is 48.6 cm³/mol. The van der Waals surface area contributed by atoms with Crippen molar-refractivity contribution >= 4 is 22.6 Å². The maximum Gasteiger partial charge on any atom is 0.101 e. The van der Waals surface area contributed by atoms with Crippen LogP contribution in [0.25, 0.3) is 0 Å². The monoisotopic (exact) mass is 249 g/mol. The highest BCUT2D eigenvalue weighted by Gasteiger charge is 1.97. The van der Waals surface area contributed by atoms with Crippen LogP contribution in [-0.4, -0.2) is 9.78 Å². The van der Waals surface area contributed by atoms with Crippen molar-refractivity contribution in [3.8, 4) is 0 Å². The van der Waals surface area contributed by atoms with Crippen LogP contribution in [0, 0.1) is 15.7 Å². The average molecular weight is 249 g/mol. The van der Waals surface area contributed by atoms with E-state index in [1.807, 2.05) is 10.9 Å². The minimum atomic E-state index is 0.645. The molecule has 0 N–H and O–H groups in total. The van der Waals surface area contributed by atoms with Crippen molar-refractivity contribution in [1.82, 2.24) is 9.78 Å². The van der Waals surface area contributed by atoms with E-state index in [-0.39, 0.29) is 0 Å². The summed E-state index contributed by atoms with van der Waals surface area (Å²) in [6.07, 6.45) is 4.92. The fourth-order valence-electron chi connectivity index (χ4n) is 0.740. The van der Waals surface area contributed by atoms with Crippen molar-refractivity contribution in [1.29, 1.82) is 0 Å². The van der Waals surface area contributed by atoms with E-state index in [2.05, 4.69) is 47.7 Å². The Labute approximate surface area is 74.8 Å². The molecule has 0 fully saturated rings. The van der Waals surface area contributed by atoms with Crippen LogP contribution in [-0.2, 0) is 6.54 Å². The van der Waals surface area contributed by atoms with Gasteiger partial charge in [0.25, 0.3) is 0 Å². The summed E-state index contributed by atoms with van der Waals surface area (Å²) in [5, 5.41) is 4.11. The summed E-state index contributed by atoms with van der Waals surface area (Å²) in [6, 6.07) is 0. The van der Waals surface area contributed by atoms with Crippen molar-refractivity contribution in [2.45, 2.75) is 20.4 Å². The van der Waals surface area contributed by atoms with E-state index in [0.717, 1.165) is 10.1 Å². The molecule has 0 bridgehead atoms. The third kappa shape index (κ3) is 2.28. The Morgan fingerprint density at radius 3 is 2.90 bits per heavy atom. The van der Waals surface area contributed by atoms with Gasteiger partial charge in [-0.2, -0.15) is 5.10 Å². The summed E-state index contributed by atoms with van der Waals surface area (Å²) < 4.78 is 2.94. The summed E-state index contributed by atoms with van der Waals surface area (Å²) in [4.78, 5) is 0. The first kappa shape index (κ1) is 8.04. The molecule has 0 spiro atoms. The topological polar surface area (TPSA) is 17.8 Å². The van der Waals surface area contributed by atoms with E-state index < -0.39 is 0 Å². The molecule has 2 nitrogen and oxygen atoms in total. The second-order valence-electron chi connectivity index (χ2n) is 2.68. The Hall–Kier alpha value is -0.0600. The summed E-state index contributed by atoms with van der Waals surface area (Å²) in [6.45, 7) is 5.30. The van der Waals surface area contributed by atoms with Crippen LogP contribution in [0.4, 0.5) is 0 Å². The van der Waals surface area contributed by atoms with Crippen LogP contribution in [0.2, 0.25) is 0 Å². The van der Waals surface area contributed by atoms with Crippen LogP contribution < -0.4 is 0 Å². The normalized spacial score (nSPS) is 10.8. The highest BCUT2D eigenvalue weighted by molar-refractivity contribution is 14.1. The zero-order valence-electron chi connectivity index (χ0n) is 6.13. The van der Waals surface area contributed by atoms with Gasteiger partial charge in [0.2, 0.25) is 0 Å². The quantitative estimate of drug-likeness (QED) is 0.732. The summed E-state index contributed by atoms with van der Waals surface area (Å²) >= 11 is 2.21. The summed E-state index contributed by atoms with van der Waals surface area (Å²) in [5.41, 5.74) is 0. The van der Waals surface area contributed by atoms with E-state index >= 15 is 0 Å². The lowest BCUT2D eigenvalue weighted by atomic mass is 10.2. The van der Waals surface area contributed by atoms with Gasteiger partial charge < -0.3 is 0 Å². The second kappa shape index (κ2) is 3.37. The molecule has 1 rings (SSSR count). The van der Waals surface area contributed by atoms with Crippen molar-refractivity contribution in [3.05, 3.63) is 16.0 Å². The molecule has 1 aromatic heterocycles. The summed E-state index contributed by atoms with van der Waals surface area (Å²) in [7, 11) is 0. The van der Waals surface area contributed by atoms with Crippen molar-refractivity contribution in [2.24, 2.45) is 5.92 Å². The number of nitrogens with zero attached hydrogens (tertiary/aromatic N) is 2. The third-order valence-electron chi connectivity index (χ3n) is 1.08. The first-order valence-electron chi connectivity index (χ1n) is 3.29. The SMILES string of the molecule is CC(C)Cn1[c]c(I)cn1. The zero-order chi connectivity index (χ0) is 7.56. The van der Waals surface area contributed by atoms with Gasteiger partial charge in [-0.3, -0.25) is 4.68 Å². The van der Waals surface area contributed by atoms with Gasteiger partial charge in [-0.05, 0) is 28.5 Å².